The van der Waals surface area contributed by atoms with Crippen LogP contribution in [0.15, 0.2) is 17.0 Å². The van der Waals surface area contributed by atoms with Crippen LogP contribution in [0.1, 0.15) is 25.7 Å². The molecule has 0 bridgehead atoms. The van der Waals surface area contributed by atoms with Crippen molar-refractivity contribution in [3.8, 4) is 0 Å². The van der Waals surface area contributed by atoms with Gasteiger partial charge in [0.1, 0.15) is 4.90 Å². The summed E-state index contributed by atoms with van der Waals surface area (Å²) in [5.74, 6) is 0. The first kappa shape index (κ1) is 14.9. The number of halogens is 2. The Morgan fingerprint density at radius 1 is 1.05 bits per heavy atom. The molecule has 19 heavy (non-hydrogen) atoms. The maximum absolute atomic E-state index is 12.6. The molecule has 1 fully saturated rings. The van der Waals surface area contributed by atoms with Crippen LogP contribution in [0.25, 0.3) is 0 Å². The number of nitrogens with two attached hydrogens (primary N) is 1. The number of hydrogen-bond acceptors (Lipinski definition) is 3. The zero-order valence-electron chi connectivity index (χ0n) is 10.4. The van der Waals surface area contributed by atoms with Crippen molar-refractivity contribution in [2.45, 2.75) is 30.6 Å². The van der Waals surface area contributed by atoms with E-state index in [9.17, 15) is 8.42 Å². The molecule has 0 radical (unpaired) electrons. The number of nitrogen functional groups attached to an aromatic ring is 1. The van der Waals surface area contributed by atoms with Crippen LogP contribution in [0.3, 0.4) is 0 Å². The fraction of sp³-hybridized carbons (Fsp3) is 0.500. The highest BCUT2D eigenvalue weighted by atomic mass is 35.5. The fourth-order valence-corrected chi connectivity index (χ4v) is 4.72. The van der Waals surface area contributed by atoms with Crippen LogP contribution in [0.2, 0.25) is 10.0 Å². The summed E-state index contributed by atoms with van der Waals surface area (Å²) in [7, 11) is -3.65. The molecule has 1 aliphatic heterocycles. The van der Waals surface area contributed by atoms with Crippen molar-refractivity contribution < 1.29 is 8.42 Å². The van der Waals surface area contributed by atoms with Crippen LogP contribution in [0.4, 0.5) is 5.69 Å². The minimum absolute atomic E-state index is 0.0273. The minimum Gasteiger partial charge on any atom is -0.398 e. The number of sulfonamides is 1. The van der Waals surface area contributed by atoms with Gasteiger partial charge in [-0.05, 0) is 25.0 Å². The Balaban J connectivity index is 2.44. The molecule has 1 saturated heterocycles. The Labute approximate surface area is 123 Å². The average molecular weight is 323 g/mol. The van der Waals surface area contributed by atoms with Crippen molar-refractivity contribution in [2.24, 2.45) is 0 Å². The molecule has 1 aromatic rings. The molecule has 2 rings (SSSR count). The molecule has 0 spiro atoms. The van der Waals surface area contributed by atoms with Gasteiger partial charge in [-0.15, -0.1) is 0 Å². The van der Waals surface area contributed by atoms with Gasteiger partial charge in [0.2, 0.25) is 10.0 Å². The lowest BCUT2D eigenvalue weighted by Crippen LogP contribution is -2.32. The zero-order valence-corrected chi connectivity index (χ0v) is 12.7. The Bertz CT molecular complexity index is 544. The van der Waals surface area contributed by atoms with E-state index in [1.54, 1.807) is 0 Å². The lowest BCUT2D eigenvalue weighted by atomic mass is 10.2. The summed E-state index contributed by atoms with van der Waals surface area (Å²) >= 11 is 11.8. The van der Waals surface area contributed by atoms with Gasteiger partial charge >= 0.3 is 0 Å². The second kappa shape index (κ2) is 5.87. The minimum atomic E-state index is -3.65. The van der Waals surface area contributed by atoms with Crippen LogP contribution >= 0.6 is 23.2 Å². The molecule has 0 aromatic heterocycles. The van der Waals surface area contributed by atoms with E-state index >= 15 is 0 Å². The molecule has 0 atom stereocenters. The normalized spacial score (nSPS) is 18.2. The van der Waals surface area contributed by atoms with Crippen molar-refractivity contribution in [1.82, 2.24) is 4.31 Å². The average Bonchev–Trinajstić information content (AvgIpc) is 2.55. The number of rotatable bonds is 2. The smallest absolute Gasteiger partial charge is 0.246 e. The molecular weight excluding hydrogens is 307 g/mol. The summed E-state index contributed by atoms with van der Waals surface area (Å²) in [4.78, 5) is -0.0273. The van der Waals surface area contributed by atoms with E-state index in [-0.39, 0.29) is 15.6 Å². The van der Waals surface area contributed by atoms with E-state index in [0.29, 0.717) is 18.1 Å². The van der Waals surface area contributed by atoms with Gasteiger partial charge in [-0.3, -0.25) is 0 Å². The molecule has 1 aromatic carbocycles. The molecular formula is C12H16Cl2N2O2S. The van der Waals surface area contributed by atoms with Crippen LogP contribution < -0.4 is 5.73 Å². The monoisotopic (exact) mass is 322 g/mol. The van der Waals surface area contributed by atoms with Gasteiger partial charge in [-0.1, -0.05) is 36.0 Å². The van der Waals surface area contributed by atoms with E-state index < -0.39 is 10.0 Å². The summed E-state index contributed by atoms with van der Waals surface area (Å²) < 4.78 is 26.7. The van der Waals surface area contributed by atoms with E-state index in [0.717, 1.165) is 25.7 Å². The molecule has 1 heterocycles. The molecule has 2 N–H and O–H groups in total. The Kier molecular flexibility index (Phi) is 4.61. The maximum Gasteiger partial charge on any atom is 0.246 e. The van der Waals surface area contributed by atoms with Crippen molar-refractivity contribution in [3.63, 3.8) is 0 Å². The summed E-state index contributed by atoms with van der Waals surface area (Å²) in [6, 6.07) is 2.82. The van der Waals surface area contributed by atoms with Gasteiger partial charge in [-0.25, -0.2) is 8.42 Å². The first-order chi connectivity index (χ1) is 8.93. The lowest BCUT2D eigenvalue weighted by molar-refractivity contribution is 0.424. The first-order valence-corrected chi connectivity index (χ1v) is 8.37. The number of anilines is 1. The summed E-state index contributed by atoms with van der Waals surface area (Å²) in [6.45, 7) is 1.03. The molecule has 0 unspecified atom stereocenters. The highest BCUT2D eigenvalue weighted by Gasteiger charge is 2.29. The molecule has 4 nitrogen and oxygen atoms in total. The van der Waals surface area contributed by atoms with Gasteiger partial charge in [0, 0.05) is 18.1 Å². The predicted octanol–water partition coefficient (Wildman–Crippen LogP) is 3.14. The Morgan fingerprint density at radius 3 is 2.16 bits per heavy atom. The van der Waals surface area contributed by atoms with Crippen LogP contribution in [0, 0.1) is 0 Å². The van der Waals surface area contributed by atoms with Gasteiger partial charge in [0.25, 0.3) is 0 Å². The SMILES string of the molecule is Nc1cc(Cl)cc(Cl)c1S(=O)(=O)N1CCCCCC1. The lowest BCUT2D eigenvalue weighted by Gasteiger charge is -2.21. The number of benzene rings is 1. The highest BCUT2D eigenvalue weighted by Crippen LogP contribution is 2.33. The van der Waals surface area contributed by atoms with Crippen molar-refractivity contribution in [2.75, 3.05) is 18.8 Å². The first-order valence-electron chi connectivity index (χ1n) is 6.17. The number of nitrogens with zero attached hydrogens (tertiary/aromatic N) is 1. The van der Waals surface area contributed by atoms with E-state index in [2.05, 4.69) is 0 Å². The highest BCUT2D eigenvalue weighted by molar-refractivity contribution is 7.89. The van der Waals surface area contributed by atoms with Crippen molar-refractivity contribution in [1.29, 1.82) is 0 Å². The summed E-state index contributed by atoms with van der Waals surface area (Å²) in [5.41, 5.74) is 5.88. The van der Waals surface area contributed by atoms with E-state index in [4.69, 9.17) is 28.9 Å². The third-order valence-corrected chi connectivity index (χ3v) is 5.84. The molecule has 0 saturated carbocycles. The zero-order chi connectivity index (χ0) is 14.0. The van der Waals surface area contributed by atoms with Crippen LogP contribution in [-0.2, 0) is 10.0 Å². The summed E-state index contributed by atoms with van der Waals surface area (Å²) in [5, 5.41) is 0.409. The van der Waals surface area contributed by atoms with E-state index in [1.807, 2.05) is 0 Å². The second-order valence-electron chi connectivity index (χ2n) is 4.62. The van der Waals surface area contributed by atoms with Gasteiger partial charge < -0.3 is 5.73 Å². The molecule has 106 valence electrons. The third-order valence-electron chi connectivity index (χ3n) is 3.20. The summed E-state index contributed by atoms with van der Waals surface area (Å²) in [6.07, 6.45) is 3.83. The molecule has 0 amide bonds. The quantitative estimate of drug-likeness (QED) is 0.851. The largest absolute Gasteiger partial charge is 0.398 e. The fourth-order valence-electron chi connectivity index (χ4n) is 2.26. The van der Waals surface area contributed by atoms with Crippen LogP contribution in [0.5, 0.6) is 0 Å². The molecule has 0 aliphatic carbocycles. The third kappa shape index (κ3) is 3.16. The number of hydrogen-bond donors (Lipinski definition) is 1. The molecule has 1 aliphatic rings. The Hall–Kier alpha value is -0.490. The van der Waals surface area contributed by atoms with Crippen LogP contribution in [-0.4, -0.2) is 25.8 Å². The van der Waals surface area contributed by atoms with Crippen molar-refractivity contribution >= 4 is 38.9 Å². The van der Waals surface area contributed by atoms with Gasteiger partial charge in [-0.2, -0.15) is 4.31 Å². The van der Waals surface area contributed by atoms with Gasteiger partial charge in [0.15, 0.2) is 0 Å². The van der Waals surface area contributed by atoms with E-state index in [1.165, 1.54) is 16.4 Å². The standard InChI is InChI=1S/C12H16Cl2N2O2S/c13-9-7-10(14)12(11(15)8-9)19(17,18)16-5-3-1-2-4-6-16/h7-8H,1-6,15H2. The molecule has 7 heteroatoms. The predicted molar refractivity (Wildman–Crippen MR) is 78.1 cm³/mol. The topological polar surface area (TPSA) is 63.4 Å². The van der Waals surface area contributed by atoms with Crippen molar-refractivity contribution in [3.05, 3.63) is 22.2 Å². The van der Waals surface area contributed by atoms with Gasteiger partial charge in [0.05, 0.1) is 10.7 Å². The maximum atomic E-state index is 12.6. The Morgan fingerprint density at radius 2 is 1.63 bits per heavy atom. The second-order valence-corrected chi connectivity index (χ2v) is 7.34.